The van der Waals surface area contributed by atoms with Gasteiger partial charge in [-0.25, -0.2) is 27.9 Å². The highest BCUT2D eigenvalue weighted by Crippen LogP contribution is 2.19. The van der Waals surface area contributed by atoms with E-state index in [1.165, 1.54) is 0 Å². The summed E-state index contributed by atoms with van der Waals surface area (Å²) in [5.41, 5.74) is 12.8. The number of anilines is 1. The third-order valence-electron chi connectivity index (χ3n) is 3.36. The summed E-state index contributed by atoms with van der Waals surface area (Å²) < 4.78 is 24.4. The number of rotatable bonds is 8. The van der Waals surface area contributed by atoms with Crippen LogP contribution in [0.3, 0.4) is 0 Å². The lowest BCUT2D eigenvalue weighted by Gasteiger charge is -2.08. The molecule has 11 nitrogen and oxygen atoms in total. The van der Waals surface area contributed by atoms with E-state index < -0.39 is 16.1 Å². The van der Waals surface area contributed by atoms with Gasteiger partial charge in [0.1, 0.15) is 0 Å². The smallest absolute Gasteiger partial charge is 0.344 e. The Balaban J connectivity index is 1.94. The highest BCUT2D eigenvalue weighted by molar-refractivity contribution is 7.88. The number of guanidine groups is 1. The number of benzene rings is 1. The number of nitrogens with two attached hydrogens (primary N) is 2. The van der Waals surface area contributed by atoms with Crippen molar-refractivity contribution in [2.75, 3.05) is 24.7 Å². The van der Waals surface area contributed by atoms with Crippen molar-refractivity contribution in [3.63, 3.8) is 0 Å². The summed E-state index contributed by atoms with van der Waals surface area (Å²) in [6, 6.07) is 6.86. The minimum absolute atomic E-state index is 0.234. The lowest BCUT2D eigenvalue weighted by molar-refractivity contribution is 0.249. The Morgan fingerprint density at radius 3 is 2.50 bits per heavy atom. The SMILES string of the molecule is CS(=O)(=O)NCCNc1ncc(-c2cccc(CNC(=O)N=C(N)N)c2)cn1. The molecule has 28 heavy (non-hydrogen) atoms. The molecule has 2 aromatic rings. The largest absolute Gasteiger partial charge is 0.370 e. The number of sulfonamides is 1. The van der Waals surface area contributed by atoms with Crippen molar-refractivity contribution in [1.82, 2.24) is 20.0 Å². The van der Waals surface area contributed by atoms with Crippen molar-refractivity contribution in [2.24, 2.45) is 16.5 Å². The molecule has 0 aliphatic rings. The van der Waals surface area contributed by atoms with Crippen molar-refractivity contribution in [1.29, 1.82) is 0 Å². The zero-order chi connectivity index (χ0) is 20.6. The zero-order valence-corrected chi connectivity index (χ0v) is 16.0. The van der Waals surface area contributed by atoms with Gasteiger partial charge in [-0.05, 0) is 17.2 Å². The summed E-state index contributed by atoms with van der Waals surface area (Å²) in [5, 5.41) is 5.51. The standard InChI is InChI=1S/C16H22N8O3S/c1-28(26,27)23-6-5-19-15-20-9-13(10-21-15)12-4-2-3-11(7-12)8-22-16(25)24-14(17)18/h2-4,7,9-10,23H,5-6,8H2,1H3,(H,19,20,21)(H5,17,18,22,24,25). The maximum absolute atomic E-state index is 11.5. The molecule has 1 aromatic heterocycles. The van der Waals surface area contributed by atoms with Gasteiger partial charge in [-0.2, -0.15) is 4.99 Å². The number of aromatic nitrogens is 2. The lowest BCUT2D eigenvalue weighted by atomic mass is 10.1. The van der Waals surface area contributed by atoms with Crippen molar-refractivity contribution in [2.45, 2.75) is 6.54 Å². The molecule has 0 atom stereocenters. The molecule has 2 amide bonds. The number of nitrogens with one attached hydrogen (secondary N) is 3. The van der Waals surface area contributed by atoms with Crippen LogP contribution in [-0.4, -0.2) is 49.7 Å². The van der Waals surface area contributed by atoms with E-state index in [9.17, 15) is 13.2 Å². The van der Waals surface area contributed by atoms with Gasteiger partial charge >= 0.3 is 6.03 Å². The average molecular weight is 406 g/mol. The van der Waals surface area contributed by atoms with Crippen LogP contribution in [0.1, 0.15) is 5.56 Å². The molecular weight excluding hydrogens is 384 g/mol. The minimum atomic E-state index is -3.22. The monoisotopic (exact) mass is 406 g/mol. The summed E-state index contributed by atoms with van der Waals surface area (Å²) in [5.74, 6) is 0.0869. The Morgan fingerprint density at radius 2 is 1.86 bits per heavy atom. The number of urea groups is 1. The third-order valence-corrected chi connectivity index (χ3v) is 4.09. The van der Waals surface area contributed by atoms with Gasteiger partial charge in [0.05, 0.1) is 6.26 Å². The van der Waals surface area contributed by atoms with Gasteiger partial charge < -0.3 is 22.1 Å². The van der Waals surface area contributed by atoms with Gasteiger partial charge in [0.25, 0.3) is 0 Å². The number of aliphatic imine (C=N–C) groups is 1. The second kappa shape index (κ2) is 9.62. The van der Waals surface area contributed by atoms with E-state index in [4.69, 9.17) is 11.5 Å². The summed E-state index contributed by atoms with van der Waals surface area (Å²) in [6.45, 7) is 0.853. The molecule has 2 rings (SSSR count). The number of nitrogens with zero attached hydrogens (tertiary/aromatic N) is 3. The molecule has 0 bridgehead atoms. The molecule has 0 saturated carbocycles. The van der Waals surface area contributed by atoms with Crippen LogP contribution in [0.2, 0.25) is 0 Å². The molecule has 1 aromatic carbocycles. The summed E-state index contributed by atoms with van der Waals surface area (Å²) >= 11 is 0. The first-order valence-corrected chi connectivity index (χ1v) is 10.1. The van der Waals surface area contributed by atoms with E-state index >= 15 is 0 Å². The number of carbonyl (C=O) groups is 1. The number of hydrogen-bond donors (Lipinski definition) is 5. The average Bonchev–Trinajstić information content (AvgIpc) is 2.63. The maximum Gasteiger partial charge on any atom is 0.344 e. The Bertz CT molecular complexity index is 941. The van der Waals surface area contributed by atoms with Crippen LogP contribution < -0.4 is 26.8 Å². The Kier molecular flexibility index (Phi) is 7.23. The minimum Gasteiger partial charge on any atom is -0.370 e. The van der Waals surface area contributed by atoms with E-state index in [0.29, 0.717) is 12.5 Å². The molecule has 0 aliphatic carbocycles. The molecule has 150 valence electrons. The molecular formula is C16H22N8O3S. The van der Waals surface area contributed by atoms with Crippen molar-refractivity contribution < 1.29 is 13.2 Å². The van der Waals surface area contributed by atoms with E-state index in [1.807, 2.05) is 24.3 Å². The lowest BCUT2D eigenvalue weighted by Crippen LogP contribution is -2.28. The first kappa shape index (κ1) is 21.1. The maximum atomic E-state index is 11.5. The summed E-state index contributed by atoms with van der Waals surface area (Å²) in [6.07, 6.45) is 4.39. The zero-order valence-electron chi connectivity index (χ0n) is 15.2. The van der Waals surface area contributed by atoms with Gasteiger partial charge in [-0.1, -0.05) is 18.2 Å². The quantitative estimate of drug-likeness (QED) is 0.223. The fourth-order valence-electron chi connectivity index (χ4n) is 2.17. The Morgan fingerprint density at radius 1 is 1.14 bits per heavy atom. The normalized spacial score (nSPS) is 10.9. The topological polar surface area (TPSA) is 177 Å². The fraction of sp³-hybridized carbons (Fsp3) is 0.250. The van der Waals surface area contributed by atoms with Crippen molar-refractivity contribution in [3.8, 4) is 11.1 Å². The Labute approximate surface area is 162 Å². The van der Waals surface area contributed by atoms with Crippen LogP contribution in [0.15, 0.2) is 41.7 Å². The van der Waals surface area contributed by atoms with E-state index in [-0.39, 0.29) is 19.0 Å². The third kappa shape index (κ3) is 7.55. The summed E-state index contributed by atoms with van der Waals surface area (Å²) in [7, 11) is -3.22. The van der Waals surface area contributed by atoms with Crippen molar-refractivity contribution >= 4 is 28.0 Å². The van der Waals surface area contributed by atoms with E-state index in [0.717, 1.165) is 22.9 Å². The van der Waals surface area contributed by atoms with Gasteiger partial charge in [-0.3, -0.25) is 0 Å². The fourth-order valence-corrected chi connectivity index (χ4v) is 2.65. The van der Waals surface area contributed by atoms with Crippen LogP contribution in [0.4, 0.5) is 10.7 Å². The first-order chi connectivity index (χ1) is 13.2. The van der Waals surface area contributed by atoms with Crippen molar-refractivity contribution in [3.05, 3.63) is 42.2 Å². The predicted octanol–water partition coefficient (Wildman–Crippen LogP) is -0.412. The van der Waals surface area contributed by atoms with E-state index in [2.05, 4.69) is 30.3 Å². The second-order valence-electron chi connectivity index (χ2n) is 5.78. The van der Waals surface area contributed by atoms with Crippen LogP contribution in [0.5, 0.6) is 0 Å². The van der Waals surface area contributed by atoms with Gasteiger partial charge in [0, 0.05) is 37.6 Å². The van der Waals surface area contributed by atoms with Crippen LogP contribution in [-0.2, 0) is 16.6 Å². The van der Waals surface area contributed by atoms with Crippen LogP contribution >= 0.6 is 0 Å². The number of amides is 2. The molecule has 0 fully saturated rings. The molecule has 7 N–H and O–H groups in total. The molecule has 0 saturated heterocycles. The highest BCUT2D eigenvalue weighted by Gasteiger charge is 2.04. The van der Waals surface area contributed by atoms with Crippen LogP contribution in [0, 0.1) is 0 Å². The predicted molar refractivity (Wildman–Crippen MR) is 107 cm³/mol. The second-order valence-corrected chi connectivity index (χ2v) is 7.62. The Hall–Kier alpha value is -3.25. The molecule has 0 aliphatic heterocycles. The molecule has 0 unspecified atom stereocenters. The number of carbonyl (C=O) groups excluding carboxylic acids is 1. The van der Waals surface area contributed by atoms with Gasteiger partial charge in [0.15, 0.2) is 5.96 Å². The molecule has 1 heterocycles. The van der Waals surface area contributed by atoms with E-state index in [1.54, 1.807) is 12.4 Å². The number of hydrogen-bond acceptors (Lipinski definition) is 6. The molecule has 0 spiro atoms. The van der Waals surface area contributed by atoms with Gasteiger partial charge in [-0.15, -0.1) is 0 Å². The van der Waals surface area contributed by atoms with Gasteiger partial charge in [0.2, 0.25) is 16.0 Å². The molecule has 12 heteroatoms. The first-order valence-electron chi connectivity index (χ1n) is 8.20. The molecule has 0 radical (unpaired) electrons. The van der Waals surface area contributed by atoms with Crippen LogP contribution in [0.25, 0.3) is 11.1 Å². The highest BCUT2D eigenvalue weighted by atomic mass is 32.2. The summed E-state index contributed by atoms with van der Waals surface area (Å²) in [4.78, 5) is 23.3.